The molecule has 20 heavy (non-hydrogen) atoms. The molecule has 0 aliphatic rings. The van der Waals surface area contributed by atoms with Gasteiger partial charge in [0.05, 0.1) is 4.90 Å². The second-order valence-corrected chi connectivity index (χ2v) is 6.16. The van der Waals surface area contributed by atoms with Crippen LogP contribution in [0.4, 0.5) is 15.8 Å². The highest BCUT2D eigenvalue weighted by atomic mass is 32.2. The average Bonchev–Trinajstić information content (AvgIpc) is 2.37. The normalized spacial score (nSPS) is 11.3. The van der Waals surface area contributed by atoms with Crippen molar-refractivity contribution >= 4 is 21.4 Å². The molecule has 0 unspecified atom stereocenters. The maximum Gasteiger partial charge on any atom is 0.262 e. The third-order valence-corrected chi connectivity index (χ3v) is 4.68. The fourth-order valence-corrected chi connectivity index (χ4v) is 3.54. The van der Waals surface area contributed by atoms with Crippen LogP contribution in [0.3, 0.4) is 0 Å². The largest absolute Gasteiger partial charge is 0.398 e. The van der Waals surface area contributed by atoms with E-state index in [1.165, 1.54) is 24.3 Å². The van der Waals surface area contributed by atoms with Crippen molar-refractivity contribution in [3.63, 3.8) is 0 Å². The van der Waals surface area contributed by atoms with Gasteiger partial charge in [-0.15, -0.1) is 0 Å². The van der Waals surface area contributed by atoms with Gasteiger partial charge in [0.25, 0.3) is 10.0 Å². The van der Waals surface area contributed by atoms with E-state index >= 15 is 0 Å². The smallest absolute Gasteiger partial charge is 0.262 e. The molecule has 2 rings (SSSR count). The van der Waals surface area contributed by atoms with E-state index in [9.17, 15) is 12.8 Å². The zero-order chi connectivity index (χ0) is 14.9. The Balaban J connectivity index is 2.46. The number of hydrogen-bond acceptors (Lipinski definition) is 3. The van der Waals surface area contributed by atoms with Crippen molar-refractivity contribution in [1.82, 2.24) is 0 Å². The van der Waals surface area contributed by atoms with E-state index in [4.69, 9.17) is 5.73 Å². The highest BCUT2D eigenvalue weighted by Gasteiger charge is 2.20. The van der Waals surface area contributed by atoms with E-state index in [0.717, 1.165) is 0 Å². The summed E-state index contributed by atoms with van der Waals surface area (Å²) in [5.41, 5.74) is 7.57. The topological polar surface area (TPSA) is 72.2 Å². The van der Waals surface area contributed by atoms with Crippen LogP contribution in [0.15, 0.2) is 41.3 Å². The SMILES string of the molecule is Cc1ccc(N)c(C)c1S(=O)(=O)Nc1ccc(F)cc1. The number of sulfonamides is 1. The molecule has 0 saturated carbocycles. The summed E-state index contributed by atoms with van der Waals surface area (Å²) < 4.78 is 40.1. The maximum atomic E-state index is 12.8. The quantitative estimate of drug-likeness (QED) is 0.855. The number of nitrogen functional groups attached to an aromatic ring is 1. The van der Waals surface area contributed by atoms with Gasteiger partial charge in [-0.2, -0.15) is 0 Å². The third kappa shape index (κ3) is 2.75. The van der Waals surface area contributed by atoms with Crippen LogP contribution in [-0.2, 0) is 10.0 Å². The molecular formula is C14H15FN2O2S. The Morgan fingerprint density at radius 2 is 1.65 bits per heavy atom. The summed E-state index contributed by atoms with van der Waals surface area (Å²) in [6, 6.07) is 8.44. The van der Waals surface area contributed by atoms with Gasteiger partial charge >= 0.3 is 0 Å². The van der Waals surface area contributed by atoms with Crippen LogP contribution in [0.2, 0.25) is 0 Å². The predicted molar refractivity (Wildman–Crippen MR) is 77.5 cm³/mol. The molecule has 0 aliphatic heterocycles. The molecule has 2 aromatic rings. The van der Waals surface area contributed by atoms with Gasteiger partial charge in [0.2, 0.25) is 0 Å². The summed E-state index contributed by atoms with van der Waals surface area (Å²) in [6.07, 6.45) is 0. The van der Waals surface area contributed by atoms with Crippen LogP contribution in [0, 0.1) is 19.7 Å². The maximum absolute atomic E-state index is 12.8. The standard InChI is InChI=1S/C14H15FN2O2S/c1-9-3-8-13(16)10(2)14(9)20(18,19)17-12-6-4-11(15)5-7-12/h3-8,17H,16H2,1-2H3. The van der Waals surface area contributed by atoms with Crippen molar-refractivity contribution in [2.45, 2.75) is 18.7 Å². The van der Waals surface area contributed by atoms with Crippen LogP contribution >= 0.6 is 0 Å². The molecule has 2 aromatic carbocycles. The molecule has 0 atom stereocenters. The van der Waals surface area contributed by atoms with E-state index in [-0.39, 0.29) is 4.90 Å². The summed E-state index contributed by atoms with van der Waals surface area (Å²) >= 11 is 0. The number of benzene rings is 2. The van der Waals surface area contributed by atoms with Gasteiger partial charge in [0, 0.05) is 11.4 Å². The first-order valence-electron chi connectivity index (χ1n) is 5.95. The minimum Gasteiger partial charge on any atom is -0.398 e. The monoisotopic (exact) mass is 294 g/mol. The Hall–Kier alpha value is -2.08. The van der Waals surface area contributed by atoms with Gasteiger partial charge in [-0.05, 0) is 55.3 Å². The molecule has 0 aliphatic carbocycles. The van der Waals surface area contributed by atoms with Gasteiger partial charge in [0.1, 0.15) is 5.82 Å². The summed E-state index contributed by atoms with van der Waals surface area (Å²) in [4.78, 5) is 0.154. The molecule has 4 nitrogen and oxygen atoms in total. The Morgan fingerprint density at radius 3 is 2.25 bits per heavy atom. The molecule has 0 heterocycles. The minimum atomic E-state index is -3.76. The lowest BCUT2D eigenvalue weighted by Gasteiger charge is -2.14. The minimum absolute atomic E-state index is 0.154. The van der Waals surface area contributed by atoms with Gasteiger partial charge in [-0.3, -0.25) is 4.72 Å². The zero-order valence-corrected chi connectivity index (χ0v) is 12.0. The zero-order valence-electron chi connectivity index (χ0n) is 11.1. The third-order valence-electron chi connectivity index (χ3n) is 3.01. The summed E-state index contributed by atoms with van der Waals surface area (Å²) in [5.74, 6) is -0.427. The Kier molecular flexibility index (Phi) is 3.67. The van der Waals surface area contributed by atoms with Crippen LogP contribution in [-0.4, -0.2) is 8.42 Å². The van der Waals surface area contributed by atoms with Crippen molar-refractivity contribution in [2.75, 3.05) is 10.5 Å². The lowest BCUT2D eigenvalue weighted by atomic mass is 10.1. The molecule has 0 spiro atoms. The van der Waals surface area contributed by atoms with E-state index in [1.807, 2.05) is 0 Å². The molecular weight excluding hydrogens is 279 g/mol. The van der Waals surface area contributed by atoms with Gasteiger partial charge < -0.3 is 5.73 Å². The summed E-state index contributed by atoms with van der Waals surface area (Å²) in [5, 5.41) is 0. The second-order valence-electron chi connectivity index (χ2n) is 4.54. The fraction of sp³-hybridized carbons (Fsp3) is 0.143. The highest BCUT2D eigenvalue weighted by Crippen LogP contribution is 2.26. The highest BCUT2D eigenvalue weighted by molar-refractivity contribution is 7.92. The average molecular weight is 294 g/mol. The van der Waals surface area contributed by atoms with E-state index in [1.54, 1.807) is 26.0 Å². The van der Waals surface area contributed by atoms with Crippen LogP contribution in [0.5, 0.6) is 0 Å². The van der Waals surface area contributed by atoms with Gasteiger partial charge in [-0.25, -0.2) is 12.8 Å². The van der Waals surface area contributed by atoms with Crippen molar-refractivity contribution in [3.8, 4) is 0 Å². The molecule has 0 radical (unpaired) electrons. The van der Waals surface area contributed by atoms with Gasteiger partial charge in [-0.1, -0.05) is 6.07 Å². The van der Waals surface area contributed by atoms with Crippen molar-refractivity contribution in [1.29, 1.82) is 0 Å². The fourth-order valence-electron chi connectivity index (χ4n) is 1.98. The Labute approximate surface area is 117 Å². The van der Waals surface area contributed by atoms with Crippen LogP contribution in [0.25, 0.3) is 0 Å². The first-order chi connectivity index (χ1) is 9.31. The lowest BCUT2D eigenvalue weighted by molar-refractivity contribution is 0.600. The second kappa shape index (κ2) is 5.13. The van der Waals surface area contributed by atoms with Crippen LogP contribution < -0.4 is 10.5 Å². The molecule has 6 heteroatoms. The van der Waals surface area contributed by atoms with Crippen molar-refractivity contribution in [3.05, 3.63) is 53.3 Å². The number of rotatable bonds is 3. The van der Waals surface area contributed by atoms with Crippen molar-refractivity contribution < 1.29 is 12.8 Å². The first-order valence-corrected chi connectivity index (χ1v) is 7.43. The lowest BCUT2D eigenvalue weighted by Crippen LogP contribution is -2.16. The summed E-state index contributed by atoms with van der Waals surface area (Å²) in [7, 11) is -3.76. The van der Waals surface area contributed by atoms with Crippen LogP contribution in [0.1, 0.15) is 11.1 Å². The van der Waals surface area contributed by atoms with E-state index < -0.39 is 15.8 Å². The van der Waals surface area contributed by atoms with E-state index in [2.05, 4.69) is 4.72 Å². The van der Waals surface area contributed by atoms with E-state index in [0.29, 0.717) is 22.5 Å². The number of nitrogens with one attached hydrogen (secondary N) is 1. The number of aryl methyl sites for hydroxylation is 1. The van der Waals surface area contributed by atoms with Crippen molar-refractivity contribution in [2.24, 2.45) is 0 Å². The molecule has 0 saturated heterocycles. The molecule has 0 bridgehead atoms. The van der Waals surface area contributed by atoms with Gasteiger partial charge in [0.15, 0.2) is 0 Å². The number of halogens is 1. The Morgan fingerprint density at radius 1 is 1.05 bits per heavy atom. The molecule has 0 fully saturated rings. The predicted octanol–water partition coefficient (Wildman–Crippen LogP) is 2.83. The first kappa shape index (κ1) is 14.3. The summed E-state index contributed by atoms with van der Waals surface area (Å²) in [6.45, 7) is 3.35. The Bertz CT molecular complexity index is 741. The number of hydrogen-bond donors (Lipinski definition) is 2. The molecule has 0 aromatic heterocycles. The molecule has 3 N–H and O–H groups in total. The molecule has 0 amide bonds. The number of anilines is 2. The molecule has 106 valence electrons. The number of nitrogens with two attached hydrogens (primary N) is 1.